The number of methoxy groups -OCH3 is 1. The lowest BCUT2D eigenvalue weighted by atomic mass is 10.3. The van der Waals surface area contributed by atoms with Crippen molar-refractivity contribution < 1.29 is 4.74 Å². The lowest BCUT2D eigenvalue weighted by Gasteiger charge is -2.17. The molecule has 2 heterocycles. The fraction of sp³-hybridized carbons (Fsp3) is 0.429. The Hall–Kier alpha value is -1.72. The fourth-order valence-electron chi connectivity index (χ4n) is 1.97. The first kappa shape index (κ1) is 13.7. The highest BCUT2D eigenvalue weighted by Crippen LogP contribution is 2.06. The largest absolute Gasteiger partial charge is 0.383 e. The Morgan fingerprint density at radius 1 is 1.32 bits per heavy atom. The maximum atomic E-state index is 5.10. The van der Waals surface area contributed by atoms with Crippen LogP contribution >= 0.6 is 0 Å². The second kappa shape index (κ2) is 7.01. The summed E-state index contributed by atoms with van der Waals surface area (Å²) in [6.07, 6.45) is 5.58. The van der Waals surface area contributed by atoms with Gasteiger partial charge in [0.05, 0.1) is 24.3 Å². The van der Waals surface area contributed by atoms with Gasteiger partial charge in [-0.25, -0.2) is 4.98 Å². The SMILES string of the molecule is COCCn1cncc1CN(C)Cc1ccccn1. The number of nitrogens with zero attached hydrogens (tertiary/aromatic N) is 4. The van der Waals surface area contributed by atoms with Gasteiger partial charge in [-0.1, -0.05) is 6.07 Å². The highest BCUT2D eigenvalue weighted by Gasteiger charge is 2.06. The van der Waals surface area contributed by atoms with Gasteiger partial charge in [0.2, 0.25) is 0 Å². The zero-order valence-corrected chi connectivity index (χ0v) is 11.5. The van der Waals surface area contributed by atoms with E-state index < -0.39 is 0 Å². The van der Waals surface area contributed by atoms with E-state index in [0.29, 0.717) is 6.61 Å². The van der Waals surface area contributed by atoms with Gasteiger partial charge in [-0.15, -0.1) is 0 Å². The number of pyridine rings is 1. The summed E-state index contributed by atoms with van der Waals surface area (Å²) in [5.41, 5.74) is 2.27. The number of rotatable bonds is 7. The zero-order chi connectivity index (χ0) is 13.5. The summed E-state index contributed by atoms with van der Waals surface area (Å²) in [6, 6.07) is 5.99. The van der Waals surface area contributed by atoms with Gasteiger partial charge in [0.1, 0.15) is 0 Å². The van der Waals surface area contributed by atoms with Gasteiger partial charge < -0.3 is 9.30 Å². The molecule has 0 fully saturated rings. The van der Waals surface area contributed by atoms with Crippen LogP contribution < -0.4 is 0 Å². The van der Waals surface area contributed by atoms with Crippen molar-refractivity contribution in [1.29, 1.82) is 0 Å². The van der Waals surface area contributed by atoms with E-state index in [1.807, 2.05) is 36.9 Å². The van der Waals surface area contributed by atoms with Crippen LogP contribution in [0.25, 0.3) is 0 Å². The molecule has 0 aromatic carbocycles. The smallest absolute Gasteiger partial charge is 0.0949 e. The Kier molecular flexibility index (Phi) is 5.06. The minimum absolute atomic E-state index is 0.702. The van der Waals surface area contributed by atoms with Crippen LogP contribution in [0.2, 0.25) is 0 Å². The normalized spacial score (nSPS) is 11.1. The van der Waals surface area contributed by atoms with Gasteiger partial charge in [0.15, 0.2) is 0 Å². The molecule has 2 rings (SSSR count). The predicted molar refractivity (Wildman–Crippen MR) is 73.5 cm³/mol. The van der Waals surface area contributed by atoms with Crippen LogP contribution in [0.5, 0.6) is 0 Å². The van der Waals surface area contributed by atoms with Gasteiger partial charge in [0.25, 0.3) is 0 Å². The average Bonchev–Trinajstić information content (AvgIpc) is 2.84. The third-order valence-corrected chi connectivity index (χ3v) is 2.92. The van der Waals surface area contributed by atoms with Crippen LogP contribution in [0.1, 0.15) is 11.4 Å². The first-order chi connectivity index (χ1) is 9.29. The number of hydrogen-bond donors (Lipinski definition) is 0. The molecule has 0 aliphatic heterocycles. The van der Waals surface area contributed by atoms with E-state index in [1.165, 1.54) is 5.69 Å². The molecule has 5 heteroatoms. The molecule has 5 nitrogen and oxygen atoms in total. The summed E-state index contributed by atoms with van der Waals surface area (Å²) < 4.78 is 7.22. The van der Waals surface area contributed by atoms with Crippen molar-refractivity contribution in [2.45, 2.75) is 19.6 Å². The fourth-order valence-corrected chi connectivity index (χ4v) is 1.97. The summed E-state index contributed by atoms with van der Waals surface area (Å²) in [4.78, 5) is 10.8. The molecule has 0 bridgehead atoms. The Balaban J connectivity index is 1.91. The summed E-state index contributed by atoms with van der Waals surface area (Å²) in [6.45, 7) is 3.22. The summed E-state index contributed by atoms with van der Waals surface area (Å²) in [5, 5.41) is 0. The molecule has 0 unspecified atom stereocenters. The molecule has 0 spiro atoms. The number of ether oxygens (including phenoxy) is 1. The van der Waals surface area contributed by atoms with Crippen LogP contribution in [-0.4, -0.2) is 40.2 Å². The van der Waals surface area contributed by atoms with E-state index >= 15 is 0 Å². The molecule has 0 amide bonds. The van der Waals surface area contributed by atoms with Crippen LogP contribution in [0.15, 0.2) is 36.9 Å². The van der Waals surface area contributed by atoms with Crippen molar-refractivity contribution in [2.75, 3.05) is 20.8 Å². The Morgan fingerprint density at radius 2 is 2.21 bits per heavy atom. The van der Waals surface area contributed by atoms with Crippen molar-refractivity contribution in [3.05, 3.63) is 48.3 Å². The predicted octanol–water partition coefficient (Wildman–Crippen LogP) is 1.56. The topological polar surface area (TPSA) is 43.2 Å². The van der Waals surface area contributed by atoms with E-state index in [2.05, 4.69) is 26.5 Å². The summed E-state index contributed by atoms with van der Waals surface area (Å²) in [5.74, 6) is 0. The first-order valence-corrected chi connectivity index (χ1v) is 6.36. The van der Waals surface area contributed by atoms with Crippen LogP contribution in [0, 0.1) is 0 Å². The van der Waals surface area contributed by atoms with Crippen molar-refractivity contribution in [2.24, 2.45) is 0 Å². The van der Waals surface area contributed by atoms with Crippen LogP contribution in [0.3, 0.4) is 0 Å². The molecule has 0 N–H and O–H groups in total. The van der Waals surface area contributed by atoms with Crippen molar-refractivity contribution >= 4 is 0 Å². The van der Waals surface area contributed by atoms with Gasteiger partial charge in [-0.3, -0.25) is 9.88 Å². The standard InChI is InChI=1S/C14H20N4O/c1-17(10-13-5-3-4-6-16-13)11-14-9-15-12-18(14)7-8-19-2/h3-6,9,12H,7-8,10-11H2,1-2H3. The van der Waals surface area contributed by atoms with E-state index in [0.717, 1.165) is 25.3 Å². The lowest BCUT2D eigenvalue weighted by molar-refractivity contribution is 0.185. The van der Waals surface area contributed by atoms with E-state index in [9.17, 15) is 0 Å². The molecule has 0 atom stereocenters. The summed E-state index contributed by atoms with van der Waals surface area (Å²) in [7, 11) is 3.80. The van der Waals surface area contributed by atoms with Gasteiger partial charge in [-0.05, 0) is 19.2 Å². The van der Waals surface area contributed by atoms with Gasteiger partial charge in [-0.2, -0.15) is 0 Å². The maximum Gasteiger partial charge on any atom is 0.0949 e. The van der Waals surface area contributed by atoms with E-state index in [-0.39, 0.29) is 0 Å². The van der Waals surface area contributed by atoms with E-state index in [1.54, 1.807) is 7.11 Å². The van der Waals surface area contributed by atoms with Gasteiger partial charge >= 0.3 is 0 Å². The molecule has 0 saturated heterocycles. The van der Waals surface area contributed by atoms with Crippen molar-refractivity contribution in [1.82, 2.24) is 19.4 Å². The third kappa shape index (κ3) is 4.15. The molecular formula is C14H20N4O. The van der Waals surface area contributed by atoms with Crippen molar-refractivity contribution in [3.8, 4) is 0 Å². The monoisotopic (exact) mass is 260 g/mol. The second-order valence-electron chi connectivity index (χ2n) is 4.56. The highest BCUT2D eigenvalue weighted by atomic mass is 16.5. The molecule has 2 aromatic heterocycles. The van der Waals surface area contributed by atoms with E-state index in [4.69, 9.17) is 4.74 Å². The minimum atomic E-state index is 0.702. The number of aromatic nitrogens is 3. The third-order valence-electron chi connectivity index (χ3n) is 2.92. The number of imidazole rings is 1. The Morgan fingerprint density at radius 3 is 2.95 bits per heavy atom. The lowest BCUT2D eigenvalue weighted by Crippen LogP contribution is -2.20. The first-order valence-electron chi connectivity index (χ1n) is 6.36. The zero-order valence-electron chi connectivity index (χ0n) is 11.5. The minimum Gasteiger partial charge on any atom is -0.383 e. The molecule has 19 heavy (non-hydrogen) atoms. The summed E-state index contributed by atoms with van der Waals surface area (Å²) >= 11 is 0. The quantitative estimate of drug-likeness (QED) is 0.757. The van der Waals surface area contributed by atoms with Crippen LogP contribution in [0.4, 0.5) is 0 Å². The highest BCUT2D eigenvalue weighted by molar-refractivity contribution is 5.04. The molecule has 0 aliphatic carbocycles. The molecular weight excluding hydrogens is 240 g/mol. The Bertz CT molecular complexity index is 483. The molecule has 102 valence electrons. The second-order valence-corrected chi connectivity index (χ2v) is 4.56. The Labute approximate surface area is 113 Å². The van der Waals surface area contributed by atoms with Crippen molar-refractivity contribution in [3.63, 3.8) is 0 Å². The molecule has 2 aromatic rings. The molecule has 0 saturated carbocycles. The molecule has 0 aliphatic rings. The average molecular weight is 260 g/mol. The molecule has 0 radical (unpaired) electrons. The van der Waals surface area contributed by atoms with Gasteiger partial charge in [0, 0.05) is 39.1 Å². The number of hydrogen-bond acceptors (Lipinski definition) is 4. The van der Waals surface area contributed by atoms with Crippen LogP contribution in [-0.2, 0) is 24.4 Å². The maximum absolute atomic E-state index is 5.10.